The van der Waals surface area contributed by atoms with Crippen LogP contribution in [-0.2, 0) is 17.8 Å². The molecule has 0 aliphatic rings. The van der Waals surface area contributed by atoms with Crippen LogP contribution in [0.4, 0.5) is 0 Å². The van der Waals surface area contributed by atoms with Crippen molar-refractivity contribution >= 4 is 5.96 Å². The van der Waals surface area contributed by atoms with Gasteiger partial charge in [0, 0.05) is 26.7 Å². The summed E-state index contributed by atoms with van der Waals surface area (Å²) in [6, 6.07) is 16.1. The van der Waals surface area contributed by atoms with E-state index in [0.29, 0.717) is 13.2 Å². The summed E-state index contributed by atoms with van der Waals surface area (Å²) >= 11 is 0. The number of rotatable bonds is 11. The van der Waals surface area contributed by atoms with Crippen molar-refractivity contribution in [2.24, 2.45) is 4.99 Å². The van der Waals surface area contributed by atoms with Gasteiger partial charge in [-0.15, -0.1) is 0 Å². The first-order valence-electron chi connectivity index (χ1n) is 9.53. The third kappa shape index (κ3) is 7.88. The maximum absolute atomic E-state index is 5.72. The minimum atomic E-state index is 0.610. The Kier molecular flexibility index (Phi) is 9.72. The van der Waals surface area contributed by atoms with Crippen molar-refractivity contribution in [2.75, 3.05) is 41.0 Å². The fourth-order valence-corrected chi connectivity index (χ4v) is 2.63. The van der Waals surface area contributed by atoms with Gasteiger partial charge in [0.05, 0.1) is 20.8 Å². The van der Waals surface area contributed by atoms with Gasteiger partial charge >= 0.3 is 0 Å². The minimum absolute atomic E-state index is 0.610. The largest absolute Gasteiger partial charge is 0.497 e. The lowest BCUT2D eigenvalue weighted by molar-refractivity contribution is 0.119. The maximum Gasteiger partial charge on any atom is 0.190 e. The van der Waals surface area contributed by atoms with Crippen molar-refractivity contribution in [1.82, 2.24) is 10.6 Å². The summed E-state index contributed by atoms with van der Waals surface area (Å²) in [7, 11) is 5.12. The highest BCUT2D eigenvalue weighted by atomic mass is 16.5. The van der Waals surface area contributed by atoms with E-state index in [1.54, 1.807) is 21.3 Å². The van der Waals surface area contributed by atoms with Crippen molar-refractivity contribution in [3.8, 4) is 11.5 Å². The number of benzene rings is 2. The van der Waals surface area contributed by atoms with Crippen molar-refractivity contribution < 1.29 is 14.2 Å². The molecule has 152 valence electrons. The van der Waals surface area contributed by atoms with Crippen LogP contribution < -0.4 is 20.1 Å². The third-order valence-electron chi connectivity index (χ3n) is 4.27. The van der Waals surface area contributed by atoms with Crippen LogP contribution in [0, 0.1) is 0 Å². The van der Waals surface area contributed by atoms with Crippen LogP contribution in [0.5, 0.6) is 11.5 Å². The Balaban J connectivity index is 1.55. The van der Waals surface area contributed by atoms with Gasteiger partial charge in [-0.3, -0.25) is 4.99 Å². The lowest BCUT2D eigenvalue weighted by atomic mass is 10.1. The highest BCUT2D eigenvalue weighted by Crippen LogP contribution is 2.12. The van der Waals surface area contributed by atoms with Crippen LogP contribution in [0.1, 0.15) is 17.5 Å². The first kappa shape index (κ1) is 21.6. The van der Waals surface area contributed by atoms with E-state index in [1.165, 1.54) is 5.56 Å². The highest BCUT2D eigenvalue weighted by Gasteiger charge is 1.99. The van der Waals surface area contributed by atoms with Crippen molar-refractivity contribution in [3.05, 3.63) is 59.7 Å². The number of guanidine groups is 1. The maximum atomic E-state index is 5.72. The van der Waals surface area contributed by atoms with E-state index >= 15 is 0 Å². The molecule has 0 aliphatic carbocycles. The van der Waals surface area contributed by atoms with Crippen molar-refractivity contribution in [2.45, 2.75) is 19.4 Å². The molecule has 2 N–H and O–H groups in total. The molecule has 2 aromatic carbocycles. The number of hydrogen-bond donors (Lipinski definition) is 2. The predicted molar refractivity (Wildman–Crippen MR) is 113 cm³/mol. The summed E-state index contributed by atoms with van der Waals surface area (Å²) in [6.07, 6.45) is 1.84. The summed E-state index contributed by atoms with van der Waals surface area (Å²) in [6.45, 7) is 2.94. The number of hydrogen-bond acceptors (Lipinski definition) is 4. The second kappa shape index (κ2) is 12.6. The topological polar surface area (TPSA) is 64.1 Å². The van der Waals surface area contributed by atoms with E-state index in [0.717, 1.165) is 49.0 Å². The van der Waals surface area contributed by atoms with Gasteiger partial charge in [0.25, 0.3) is 0 Å². The molecule has 0 radical (unpaired) electrons. The molecule has 0 heterocycles. The smallest absolute Gasteiger partial charge is 0.190 e. The molecule has 6 nitrogen and oxygen atoms in total. The normalized spacial score (nSPS) is 11.2. The molecule has 0 aromatic heterocycles. The minimum Gasteiger partial charge on any atom is -0.497 e. The Morgan fingerprint density at radius 2 is 1.39 bits per heavy atom. The average Bonchev–Trinajstić information content (AvgIpc) is 2.75. The SMILES string of the molecule is CN=C(NCCCOCc1ccc(OC)cc1)NCCc1ccc(OC)cc1. The molecule has 0 bridgehead atoms. The van der Waals surface area contributed by atoms with Crippen LogP contribution in [0.2, 0.25) is 0 Å². The van der Waals surface area contributed by atoms with E-state index in [9.17, 15) is 0 Å². The second-order valence-electron chi connectivity index (χ2n) is 6.28. The summed E-state index contributed by atoms with van der Waals surface area (Å²) in [5.41, 5.74) is 2.40. The Morgan fingerprint density at radius 3 is 1.96 bits per heavy atom. The number of methoxy groups -OCH3 is 2. The third-order valence-corrected chi connectivity index (χ3v) is 4.27. The zero-order valence-corrected chi connectivity index (χ0v) is 17.0. The molecule has 0 fully saturated rings. The molecule has 2 rings (SSSR count). The standard InChI is InChI=1S/C22H31N3O3/c1-23-22(25-15-13-18-5-9-20(26-2)10-6-18)24-14-4-16-28-17-19-7-11-21(27-3)12-8-19/h5-12H,4,13-17H2,1-3H3,(H2,23,24,25). The van der Waals surface area contributed by atoms with E-state index in [4.69, 9.17) is 14.2 Å². The van der Waals surface area contributed by atoms with Gasteiger partial charge in [0.2, 0.25) is 0 Å². The summed E-state index contributed by atoms with van der Waals surface area (Å²) in [4.78, 5) is 4.25. The van der Waals surface area contributed by atoms with E-state index in [-0.39, 0.29) is 0 Å². The summed E-state index contributed by atoms with van der Waals surface area (Å²) in [5.74, 6) is 2.55. The predicted octanol–water partition coefficient (Wildman–Crippen LogP) is 3.02. The molecule has 2 aromatic rings. The quantitative estimate of drug-likeness (QED) is 0.354. The van der Waals surface area contributed by atoms with Crippen LogP contribution in [0.25, 0.3) is 0 Å². The lowest BCUT2D eigenvalue weighted by Crippen LogP contribution is -2.39. The second-order valence-corrected chi connectivity index (χ2v) is 6.28. The molecule has 0 spiro atoms. The molecule has 28 heavy (non-hydrogen) atoms. The van der Waals surface area contributed by atoms with Gasteiger partial charge in [0.15, 0.2) is 5.96 Å². The zero-order chi connectivity index (χ0) is 20.0. The first-order valence-corrected chi connectivity index (χ1v) is 9.53. The van der Waals surface area contributed by atoms with Gasteiger partial charge in [-0.25, -0.2) is 0 Å². The fourth-order valence-electron chi connectivity index (χ4n) is 2.63. The van der Waals surface area contributed by atoms with Crippen LogP contribution in [-0.4, -0.2) is 46.9 Å². The number of nitrogens with zero attached hydrogens (tertiary/aromatic N) is 1. The van der Waals surface area contributed by atoms with E-state index in [1.807, 2.05) is 36.4 Å². The Hall–Kier alpha value is -2.73. The molecule has 0 unspecified atom stereocenters. The molecular weight excluding hydrogens is 354 g/mol. The van der Waals surface area contributed by atoms with Crippen LogP contribution >= 0.6 is 0 Å². The number of nitrogens with one attached hydrogen (secondary N) is 2. The fraction of sp³-hybridized carbons (Fsp3) is 0.409. The zero-order valence-electron chi connectivity index (χ0n) is 17.0. The molecule has 6 heteroatoms. The van der Waals surface area contributed by atoms with Gasteiger partial charge in [-0.1, -0.05) is 24.3 Å². The van der Waals surface area contributed by atoms with E-state index in [2.05, 4.69) is 27.8 Å². The van der Waals surface area contributed by atoms with Crippen molar-refractivity contribution in [1.29, 1.82) is 0 Å². The van der Waals surface area contributed by atoms with Gasteiger partial charge in [-0.05, 0) is 48.2 Å². The Bertz CT molecular complexity index is 700. The van der Waals surface area contributed by atoms with Crippen molar-refractivity contribution in [3.63, 3.8) is 0 Å². The molecule has 0 saturated carbocycles. The number of ether oxygens (including phenoxy) is 3. The molecule has 0 aliphatic heterocycles. The monoisotopic (exact) mass is 385 g/mol. The van der Waals surface area contributed by atoms with E-state index < -0.39 is 0 Å². The Morgan fingerprint density at radius 1 is 0.821 bits per heavy atom. The van der Waals surface area contributed by atoms with Crippen LogP contribution in [0.3, 0.4) is 0 Å². The summed E-state index contributed by atoms with van der Waals surface area (Å²) in [5, 5.41) is 6.64. The first-order chi connectivity index (χ1) is 13.7. The van der Waals surface area contributed by atoms with Gasteiger partial charge < -0.3 is 24.8 Å². The molecule has 0 saturated heterocycles. The average molecular weight is 386 g/mol. The molecule has 0 amide bonds. The molecular formula is C22H31N3O3. The van der Waals surface area contributed by atoms with Crippen LogP contribution in [0.15, 0.2) is 53.5 Å². The van der Waals surface area contributed by atoms with Gasteiger partial charge in [0.1, 0.15) is 11.5 Å². The highest BCUT2D eigenvalue weighted by molar-refractivity contribution is 5.79. The lowest BCUT2D eigenvalue weighted by Gasteiger charge is -2.12. The molecule has 0 atom stereocenters. The Labute approximate surface area is 167 Å². The number of aliphatic imine (C=N–C) groups is 1. The summed E-state index contributed by atoms with van der Waals surface area (Å²) < 4.78 is 16.0. The van der Waals surface area contributed by atoms with Gasteiger partial charge in [-0.2, -0.15) is 0 Å².